The van der Waals surface area contributed by atoms with E-state index in [0.717, 1.165) is 5.33 Å². The molecule has 1 aromatic rings. The number of furan rings is 1. The Balaban J connectivity index is 2.67. The molecule has 13 heavy (non-hydrogen) atoms. The van der Waals surface area contributed by atoms with E-state index in [1.807, 2.05) is 0 Å². The molecular formula is C8H9Br2NO2. The fraction of sp³-hybridized carbons (Fsp3) is 0.375. The van der Waals surface area contributed by atoms with Crippen LogP contribution >= 0.6 is 31.9 Å². The molecule has 1 heterocycles. The van der Waals surface area contributed by atoms with E-state index in [1.165, 1.54) is 0 Å². The van der Waals surface area contributed by atoms with Crippen LogP contribution < -0.4 is 0 Å². The van der Waals surface area contributed by atoms with Crippen LogP contribution in [0.3, 0.4) is 0 Å². The first-order valence-corrected chi connectivity index (χ1v) is 5.63. The number of rotatable bonds is 3. The summed E-state index contributed by atoms with van der Waals surface area (Å²) in [5, 5.41) is 0.761. The normalized spacial score (nSPS) is 10.1. The highest BCUT2D eigenvalue weighted by Gasteiger charge is 2.14. The zero-order valence-corrected chi connectivity index (χ0v) is 10.3. The number of alkyl halides is 1. The van der Waals surface area contributed by atoms with Crippen molar-refractivity contribution in [2.24, 2.45) is 0 Å². The summed E-state index contributed by atoms with van der Waals surface area (Å²) < 4.78 is 5.70. The van der Waals surface area contributed by atoms with E-state index in [4.69, 9.17) is 4.42 Å². The Kier molecular flexibility index (Phi) is 3.99. The molecule has 0 N–H and O–H groups in total. The second-order valence-corrected chi connectivity index (χ2v) is 4.09. The fourth-order valence-corrected chi connectivity index (χ4v) is 1.68. The van der Waals surface area contributed by atoms with Gasteiger partial charge < -0.3 is 9.32 Å². The van der Waals surface area contributed by atoms with Crippen LogP contribution in [0.2, 0.25) is 0 Å². The molecule has 5 heteroatoms. The molecule has 0 aliphatic carbocycles. The van der Waals surface area contributed by atoms with E-state index in [1.54, 1.807) is 24.1 Å². The third-order valence-electron chi connectivity index (χ3n) is 1.55. The lowest BCUT2D eigenvalue weighted by molar-refractivity contribution is 0.0771. The summed E-state index contributed by atoms with van der Waals surface area (Å²) >= 11 is 6.40. The Morgan fingerprint density at radius 2 is 2.31 bits per heavy atom. The van der Waals surface area contributed by atoms with Gasteiger partial charge in [-0.1, -0.05) is 15.9 Å². The number of nitrogens with zero attached hydrogens (tertiary/aromatic N) is 1. The average Bonchev–Trinajstić information content (AvgIpc) is 2.51. The number of hydrogen-bond acceptors (Lipinski definition) is 2. The fourth-order valence-electron chi connectivity index (χ4n) is 0.846. The van der Waals surface area contributed by atoms with E-state index in [9.17, 15) is 4.79 Å². The highest BCUT2D eigenvalue weighted by molar-refractivity contribution is 9.10. The van der Waals surface area contributed by atoms with Crippen molar-refractivity contribution in [3.63, 3.8) is 0 Å². The lowest BCUT2D eigenvalue weighted by Gasteiger charge is -2.13. The van der Waals surface area contributed by atoms with Crippen molar-refractivity contribution in [1.82, 2.24) is 4.90 Å². The van der Waals surface area contributed by atoms with Gasteiger partial charge in [-0.3, -0.25) is 4.79 Å². The zero-order valence-electron chi connectivity index (χ0n) is 7.09. The summed E-state index contributed by atoms with van der Waals surface area (Å²) in [7, 11) is 1.74. The number of hydrogen-bond donors (Lipinski definition) is 0. The molecule has 1 amide bonds. The van der Waals surface area contributed by atoms with Gasteiger partial charge in [0.05, 0.1) is 0 Å². The lowest BCUT2D eigenvalue weighted by atomic mass is 10.4. The molecule has 0 aromatic carbocycles. The molecule has 1 rings (SSSR count). The zero-order chi connectivity index (χ0) is 9.84. The van der Waals surface area contributed by atoms with Gasteiger partial charge in [-0.2, -0.15) is 0 Å². The van der Waals surface area contributed by atoms with Gasteiger partial charge in [0.1, 0.15) is 0 Å². The topological polar surface area (TPSA) is 33.5 Å². The maximum atomic E-state index is 11.5. The monoisotopic (exact) mass is 309 g/mol. The van der Waals surface area contributed by atoms with E-state index in [0.29, 0.717) is 17.0 Å². The van der Waals surface area contributed by atoms with Crippen LogP contribution in [-0.2, 0) is 0 Å². The van der Waals surface area contributed by atoms with Crippen LogP contribution in [0.5, 0.6) is 0 Å². The number of carbonyl (C=O) groups is 1. The summed E-state index contributed by atoms with van der Waals surface area (Å²) in [5.41, 5.74) is 0. The minimum atomic E-state index is -0.106. The van der Waals surface area contributed by atoms with E-state index in [2.05, 4.69) is 31.9 Å². The highest BCUT2D eigenvalue weighted by atomic mass is 79.9. The molecule has 72 valence electrons. The van der Waals surface area contributed by atoms with Gasteiger partial charge in [-0.25, -0.2) is 0 Å². The molecule has 0 unspecified atom stereocenters. The lowest BCUT2D eigenvalue weighted by Crippen LogP contribution is -2.27. The van der Waals surface area contributed by atoms with E-state index >= 15 is 0 Å². The van der Waals surface area contributed by atoms with Crippen molar-refractivity contribution >= 4 is 37.8 Å². The van der Waals surface area contributed by atoms with Gasteiger partial charge in [-0.15, -0.1) is 0 Å². The predicted molar refractivity (Wildman–Crippen MR) is 57.2 cm³/mol. The molecule has 0 saturated heterocycles. The summed E-state index contributed by atoms with van der Waals surface area (Å²) in [5.74, 6) is 0.250. The molecule has 0 bridgehead atoms. The van der Waals surface area contributed by atoms with Crippen molar-refractivity contribution in [1.29, 1.82) is 0 Å². The Hall–Kier alpha value is -0.290. The van der Waals surface area contributed by atoms with Crippen LogP contribution in [-0.4, -0.2) is 29.7 Å². The van der Waals surface area contributed by atoms with E-state index in [-0.39, 0.29) is 5.91 Å². The first-order chi connectivity index (χ1) is 6.15. The summed E-state index contributed by atoms with van der Waals surface area (Å²) in [6, 6.07) is 3.35. The maximum Gasteiger partial charge on any atom is 0.289 e. The van der Waals surface area contributed by atoms with Gasteiger partial charge in [0.15, 0.2) is 10.4 Å². The predicted octanol–water partition coefficient (Wildman–Crippen LogP) is 2.51. The summed E-state index contributed by atoms with van der Waals surface area (Å²) in [4.78, 5) is 13.1. The van der Waals surface area contributed by atoms with Gasteiger partial charge in [0, 0.05) is 18.9 Å². The molecule has 0 fully saturated rings. The highest BCUT2D eigenvalue weighted by Crippen LogP contribution is 2.15. The van der Waals surface area contributed by atoms with Crippen molar-refractivity contribution in [3.8, 4) is 0 Å². The van der Waals surface area contributed by atoms with Crippen molar-refractivity contribution in [3.05, 3.63) is 22.6 Å². The van der Waals surface area contributed by atoms with Crippen LogP contribution in [0.15, 0.2) is 21.2 Å². The number of halogens is 2. The van der Waals surface area contributed by atoms with E-state index < -0.39 is 0 Å². The first kappa shape index (κ1) is 10.8. The van der Waals surface area contributed by atoms with Crippen LogP contribution in [0, 0.1) is 0 Å². The third kappa shape index (κ3) is 2.84. The smallest absolute Gasteiger partial charge is 0.289 e. The van der Waals surface area contributed by atoms with Gasteiger partial charge in [-0.05, 0) is 28.1 Å². The average molecular weight is 311 g/mol. The third-order valence-corrected chi connectivity index (χ3v) is 2.33. The van der Waals surface area contributed by atoms with Gasteiger partial charge in [0.25, 0.3) is 5.91 Å². The summed E-state index contributed by atoms with van der Waals surface area (Å²) in [6.07, 6.45) is 0. The molecule has 0 aliphatic rings. The molecule has 0 radical (unpaired) electrons. The largest absolute Gasteiger partial charge is 0.444 e. The standard InChI is InChI=1S/C8H9Br2NO2/c1-11(5-4-9)8(12)6-2-3-7(10)13-6/h2-3H,4-5H2,1H3. The first-order valence-electron chi connectivity index (χ1n) is 3.72. The molecule has 0 aliphatic heterocycles. The summed E-state index contributed by atoms with van der Waals surface area (Å²) in [6.45, 7) is 0.664. The second kappa shape index (κ2) is 4.81. The molecule has 0 saturated carbocycles. The Labute approximate surface area is 93.3 Å². The Bertz CT molecular complexity index is 298. The maximum absolute atomic E-state index is 11.5. The van der Waals surface area contributed by atoms with Crippen LogP contribution in [0.1, 0.15) is 10.6 Å². The Morgan fingerprint density at radius 3 is 2.77 bits per heavy atom. The Morgan fingerprint density at radius 1 is 1.62 bits per heavy atom. The minimum absolute atomic E-state index is 0.106. The van der Waals surface area contributed by atoms with Crippen molar-refractivity contribution < 1.29 is 9.21 Å². The van der Waals surface area contributed by atoms with Gasteiger partial charge in [0.2, 0.25) is 0 Å². The molecule has 1 aromatic heterocycles. The van der Waals surface area contributed by atoms with Gasteiger partial charge >= 0.3 is 0 Å². The van der Waals surface area contributed by atoms with Crippen molar-refractivity contribution in [2.45, 2.75) is 0 Å². The number of carbonyl (C=O) groups excluding carboxylic acids is 1. The van der Waals surface area contributed by atoms with Crippen LogP contribution in [0.4, 0.5) is 0 Å². The second-order valence-electron chi connectivity index (χ2n) is 2.52. The quantitative estimate of drug-likeness (QED) is 0.804. The molecule has 0 atom stereocenters. The molecule has 0 spiro atoms. The molecule has 3 nitrogen and oxygen atoms in total. The van der Waals surface area contributed by atoms with Crippen LogP contribution in [0.25, 0.3) is 0 Å². The molecular weight excluding hydrogens is 302 g/mol. The minimum Gasteiger partial charge on any atom is -0.444 e. The number of amides is 1. The SMILES string of the molecule is CN(CCBr)C(=O)c1ccc(Br)o1. The van der Waals surface area contributed by atoms with Crippen molar-refractivity contribution in [2.75, 3.05) is 18.9 Å².